The lowest BCUT2D eigenvalue weighted by Crippen LogP contribution is -2.20. The van der Waals surface area contributed by atoms with E-state index in [1.807, 2.05) is 6.92 Å². The van der Waals surface area contributed by atoms with E-state index in [2.05, 4.69) is 15.7 Å². The summed E-state index contributed by atoms with van der Waals surface area (Å²) < 4.78 is 4.95. The summed E-state index contributed by atoms with van der Waals surface area (Å²) in [5.74, 6) is 0. The van der Waals surface area contributed by atoms with Gasteiger partial charge in [0.2, 0.25) is 0 Å². The predicted molar refractivity (Wildman–Crippen MR) is 64.7 cm³/mol. The van der Waals surface area contributed by atoms with Crippen LogP contribution in [0.15, 0.2) is 5.38 Å². The summed E-state index contributed by atoms with van der Waals surface area (Å²) in [6, 6.07) is 0. The van der Waals surface area contributed by atoms with Gasteiger partial charge in [-0.2, -0.15) is 0 Å². The zero-order chi connectivity index (χ0) is 11.1. The van der Waals surface area contributed by atoms with Crippen molar-refractivity contribution in [2.45, 2.75) is 25.3 Å². The van der Waals surface area contributed by atoms with Crippen LogP contribution in [-0.2, 0) is 11.3 Å². The lowest BCUT2D eigenvalue weighted by Gasteiger charge is -2.08. The maximum atomic E-state index is 5.99. The van der Waals surface area contributed by atoms with Gasteiger partial charge in [0.15, 0.2) is 0 Å². The van der Waals surface area contributed by atoms with E-state index in [1.54, 1.807) is 18.4 Å². The van der Waals surface area contributed by atoms with Gasteiger partial charge >= 0.3 is 0 Å². The van der Waals surface area contributed by atoms with Crippen LogP contribution < -0.4 is 5.32 Å². The SMILES string of the molecule is COCC(Cl)CCNCc1csc(C)n1. The van der Waals surface area contributed by atoms with Crippen LogP contribution in [0.25, 0.3) is 0 Å². The second-order valence-electron chi connectivity index (χ2n) is 3.38. The van der Waals surface area contributed by atoms with Crippen LogP contribution in [-0.4, -0.2) is 30.6 Å². The molecule has 86 valence electrons. The summed E-state index contributed by atoms with van der Waals surface area (Å²) >= 11 is 7.67. The average molecular weight is 249 g/mol. The van der Waals surface area contributed by atoms with Crippen molar-refractivity contribution < 1.29 is 4.74 Å². The number of halogens is 1. The molecule has 1 aromatic rings. The highest BCUT2D eigenvalue weighted by molar-refractivity contribution is 7.09. The molecule has 5 heteroatoms. The van der Waals surface area contributed by atoms with Gasteiger partial charge in [0.1, 0.15) is 0 Å². The molecule has 0 fully saturated rings. The minimum atomic E-state index is 0.0969. The van der Waals surface area contributed by atoms with Crippen molar-refractivity contribution in [2.24, 2.45) is 0 Å². The van der Waals surface area contributed by atoms with Gasteiger partial charge in [-0.3, -0.25) is 0 Å². The van der Waals surface area contributed by atoms with E-state index < -0.39 is 0 Å². The molecule has 0 saturated heterocycles. The quantitative estimate of drug-likeness (QED) is 0.593. The first-order valence-electron chi connectivity index (χ1n) is 4.97. The third-order valence-electron chi connectivity index (χ3n) is 1.95. The Morgan fingerprint density at radius 3 is 3.07 bits per heavy atom. The third-order valence-corrected chi connectivity index (χ3v) is 3.12. The molecule has 0 spiro atoms. The normalized spacial score (nSPS) is 13.0. The predicted octanol–water partition coefficient (Wildman–Crippen LogP) is 2.19. The summed E-state index contributed by atoms with van der Waals surface area (Å²) in [6.45, 7) is 4.34. The van der Waals surface area contributed by atoms with Gasteiger partial charge in [0.05, 0.1) is 22.7 Å². The van der Waals surface area contributed by atoms with Gasteiger partial charge in [0, 0.05) is 19.0 Å². The third kappa shape index (κ3) is 5.47. The number of rotatable bonds is 7. The molecule has 3 nitrogen and oxygen atoms in total. The standard InChI is InChI=1S/C10H17ClN2OS/c1-8-13-10(7-15-8)5-12-4-3-9(11)6-14-2/h7,9,12H,3-6H2,1-2H3. The molecule has 0 bridgehead atoms. The molecule has 1 aromatic heterocycles. The Morgan fingerprint density at radius 1 is 1.67 bits per heavy atom. The second kappa shape index (κ2) is 7.17. The van der Waals surface area contributed by atoms with Gasteiger partial charge in [-0.15, -0.1) is 22.9 Å². The highest BCUT2D eigenvalue weighted by Gasteiger charge is 2.03. The summed E-state index contributed by atoms with van der Waals surface area (Å²) in [5, 5.41) is 6.60. The van der Waals surface area contributed by atoms with Crippen LogP contribution in [0.2, 0.25) is 0 Å². The fourth-order valence-electron chi connectivity index (χ4n) is 1.23. The van der Waals surface area contributed by atoms with Crippen LogP contribution in [0.3, 0.4) is 0 Å². The van der Waals surface area contributed by atoms with Crippen LogP contribution in [0, 0.1) is 6.92 Å². The van der Waals surface area contributed by atoms with Gasteiger partial charge < -0.3 is 10.1 Å². The smallest absolute Gasteiger partial charge is 0.0897 e. The van der Waals surface area contributed by atoms with Gasteiger partial charge in [-0.05, 0) is 19.9 Å². The van der Waals surface area contributed by atoms with Crippen LogP contribution in [0.5, 0.6) is 0 Å². The van der Waals surface area contributed by atoms with E-state index in [9.17, 15) is 0 Å². The zero-order valence-corrected chi connectivity index (χ0v) is 10.7. The van der Waals surface area contributed by atoms with E-state index in [4.69, 9.17) is 16.3 Å². The molecular formula is C10H17ClN2OS. The first kappa shape index (κ1) is 12.9. The molecule has 15 heavy (non-hydrogen) atoms. The van der Waals surface area contributed by atoms with Crippen molar-refractivity contribution in [3.05, 3.63) is 16.1 Å². The number of ether oxygens (including phenoxy) is 1. The van der Waals surface area contributed by atoms with Gasteiger partial charge in [-0.25, -0.2) is 4.98 Å². The van der Waals surface area contributed by atoms with Crippen molar-refractivity contribution in [3.63, 3.8) is 0 Å². The highest BCUT2D eigenvalue weighted by Crippen LogP contribution is 2.07. The second-order valence-corrected chi connectivity index (χ2v) is 5.06. The van der Waals surface area contributed by atoms with E-state index in [0.29, 0.717) is 6.61 Å². The van der Waals surface area contributed by atoms with Crippen molar-refractivity contribution in [3.8, 4) is 0 Å². The molecular weight excluding hydrogens is 232 g/mol. The molecule has 1 atom stereocenters. The van der Waals surface area contributed by atoms with Crippen LogP contribution in [0.4, 0.5) is 0 Å². The van der Waals surface area contributed by atoms with Crippen LogP contribution in [0.1, 0.15) is 17.1 Å². The monoisotopic (exact) mass is 248 g/mol. The molecule has 1 heterocycles. The molecule has 0 aromatic carbocycles. The summed E-state index contributed by atoms with van der Waals surface area (Å²) in [6.07, 6.45) is 0.915. The number of aryl methyl sites for hydroxylation is 1. The van der Waals surface area contributed by atoms with Crippen molar-refractivity contribution in [2.75, 3.05) is 20.3 Å². The Bertz CT molecular complexity index is 280. The average Bonchev–Trinajstić information content (AvgIpc) is 2.60. The maximum absolute atomic E-state index is 5.99. The molecule has 0 aliphatic rings. The fourth-order valence-corrected chi connectivity index (χ4v) is 2.08. The highest BCUT2D eigenvalue weighted by atomic mass is 35.5. The number of aromatic nitrogens is 1. The Balaban J connectivity index is 2.06. The number of thiazole rings is 1. The van der Waals surface area contributed by atoms with Crippen LogP contribution >= 0.6 is 22.9 Å². The summed E-state index contributed by atoms with van der Waals surface area (Å²) in [4.78, 5) is 4.36. The lowest BCUT2D eigenvalue weighted by atomic mass is 10.3. The number of methoxy groups -OCH3 is 1. The van der Waals surface area contributed by atoms with E-state index in [1.165, 1.54) is 0 Å². The largest absolute Gasteiger partial charge is 0.383 e. The van der Waals surface area contributed by atoms with E-state index in [0.717, 1.165) is 30.2 Å². The zero-order valence-electron chi connectivity index (χ0n) is 9.12. The Morgan fingerprint density at radius 2 is 2.47 bits per heavy atom. The van der Waals surface area contributed by atoms with E-state index >= 15 is 0 Å². The molecule has 0 radical (unpaired) electrons. The van der Waals surface area contributed by atoms with E-state index in [-0.39, 0.29) is 5.38 Å². The molecule has 0 aliphatic carbocycles. The summed E-state index contributed by atoms with van der Waals surface area (Å²) in [7, 11) is 1.67. The maximum Gasteiger partial charge on any atom is 0.0897 e. The molecule has 1 unspecified atom stereocenters. The minimum Gasteiger partial charge on any atom is -0.383 e. The van der Waals surface area contributed by atoms with Crippen molar-refractivity contribution in [1.29, 1.82) is 0 Å². The number of hydrogen-bond donors (Lipinski definition) is 1. The first-order valence-corrected chi connectivity index (χ1v) is 6.28. The molecule has 0 aliphatic heterocycles. The Kier molecular flexibility index (Phi) is 6.17. The van der Waals surface area contributed by atoms with Crippen molar-refractivity contribution >= 4 is 22.9 Å². The summed E-state index contributed by atoms with van der Waals surface area (Å²) in [5.41, 5.74) is 1.11. The fraction of sp³-hybridized carbons (Fsp3) is 0.700. The Labute approximate surface area is 99.8 Å². The number of alkyl halides is 1. The molecule has 0 amide bonds. The van der Waals surface area contributed by atoms with Gasteiger partial charge in [-0.1, -0.05) is 0 Å². The molecule has 1 rings (SSSR count). The van der Waals surface area contributed by atoms with Gasteiger partial charge in [0.25, 0.3) is 0 Å². The van der Waals surface area contributed by atoms with Crippen molar-refractivity contribution in [1.82, 2.24) is 10.3 Å². The minimum absolute atomic E-state index is 0.0969. The first-order chi connectivity index (χ1) is 7.22. The number of hydrogen-bond acceptors (Lipinski definition) is 4. The number of nitrogens with one attached hydrogen (secondary N) is 1. The topological polar surface area (TPSA) is 34.1 Å². The lowest BCUT2D eigenvalue weighted by molar-refractivity contribution is 0.195. The molecule has 1 N–H and O–H groups in total. The Hall–Kier alpha value is -0.160. The number of nitrogens with zero attached hydrogens (tertiary/aromatic N) is 1. The molecule has 0 saturated carbocycles.